The predicted molar refractivity (Wildman–Crippen MR) is 185 cm³/mol. The second-order valence-electron chi connectivity index (χ2n) is 13.9. The number of esters is 4. The number of hydrogen-bond acceptors (Lipinski definition) is 14. The van der Waals surface area contributed by atoms with E-state index in [1.54, 1.807) is 0 Å². The Morgan fingerprint density at radius 2 is 1.55 bits per heavy atom. The maximum atomic E-state index is 14.2. The van der Waals surface area contributed by atoms with Gasteiger partial charge >= 0.3 is 23.9 Å². The van der Waals surface area contributed by atoms with Crippen LogP contribution in [0.1, 0.15) is 57.3 Å². The predicted octanol–water partition coefficient (Wildman–Crippen LogP) is 3.52. The summed E-state index contributed by atoms with van der Waals surface area (Å²) < 4.78 is 88.1. The van der Waals surface area contributed by atoms with Crippen molar-refractivity contribution in [2.24, 2.45) is 17.8 Å². The fourth-order valence-corrected chi connectivity index (χ4v) is 10.1. The van der Waals surface area contributed by atoms with Gasteiger partial charge in [-0.25, -0.2) is 22.0 Å². The number of anilines is 1. The molecule has 5 rings (SSSR count). The lowest BCUT2D eigenvalue weighted by Gasteiger charge is -2.46. The number of amides is 1. The van der Waals surface area contributed by atoms with Gasteiger partial charge in [-0.1, -0.05) is 18.5 Å². The molecule has 2 aromatic carbocycles. The molecule has 1 saturated heterocycles. The van der Waals surface area contributed by atoms with E-state index in [1.807, 2.05) is 6.92 Å². The number of benzene rings is 2. The molecule has 2 bridgehead atoms. The lowest BCUT2D eigenvalue weighted by molar-refractivity contribution is -0.311. The highest BCUT2D eigenvalue weighted by molar-refractivity contribution is 7.92. The number of rotatable bonds is 11. The van der Waals surface area contributed by atoms with Crippen molar-refractivity contribution in [3.8, 4) is 0 Å². The zero-order valence-corrected chi connectivity index (χ0v) is 31.9. The topological polar surface area (TPSA) is 207 Å². The summed E-state index contributed by atoms with van der Waals surface area (Å²) in [5, 5.41) is 13.4. The number of methoxy groups -OCH3 is 1. The molecule has 0 aromatic heterocycles. The highest BCUT2D eigenvalue weighted by Crippen LogP contribution is 2.55. The third kappa shape index (κ3) is 8.77. The molecule has 55 heavy (non-hydrogen) atoms. The van der Waals surface area contributed by atoms with Crippen LogP contribution in [0.5, 0.6) is 0 Å². The summed E-state index contributed by atoms with van der Waals surface area (Å²) in [6.07, 6.45) is -7.97. The smallest absolute Gasteiger partial charge is 0.339 e. The van der Waals surface area contributed by atoms with E-state index < -0.39 is 111 Å². The first kappa shape index (κ1) is 41.9. The SMILES string of the molecule is COC(=O)[C@H]1O[C@@H](OC[C@@]2(O)C3C[C@@H](S(=O)(=O)c4cc(C(=O)Nc5ccc(F)c(F)c5)ccc4Cl)CC2[C@@H](C)C3)[C@H](OC(C)=O)[C@@H](OC(C)=O)[C@@H]1OC(C)=O. The maximum Gasteiger partial charge on any atom is 0.339 e. The van der Waals surface area contributed by atoms with Gasteiger partial charge in [0, 0.05) is 38.1 Å². The summed E-state index contributed by atoms with van der Waals surface area (Å²) in [5.41, 5.74) is -1.85. The first-order valence-electron chi connectivity index (χ1n) is 17.2. The minimum absolute atomic E-state index is 0.0566. The van der Waals surface area contributed by atoms with Gasteiger partial charge in [0.25, 0.3) is 5.91 Å². The van der Waals surface area contributed by atoms with Gasteiger partial charge in [0.15, 0.2) is 52.2 Å². The Labute approximate surface area is 319 Å². The van der Waals surface area contributed by atoms with Crippen LogP contribution in [0, 0.1) is 29.4 Å². The van der Waals surface area contributed by atoms with Crippen LogP contribution in [0.4, 0.5) is 14.5 Å². The van der Waals surface area contributed by atoms with Crippen LogP contribution >= 0.6 is 11.6 Å². The van der Waals surface area contributed by atoms with Crippen molar-refractivity contribution in [3.63, 3.8) is 0 Å². The van der Waals surface area contributed by atoms with E-state index in [-0.39, 0.29) is 39.9 Å². The van der Waals surface area contributed by atoms with E-state index in [0.29, 0.717) is 6.42 Å². The van der Waals surface area contributed by atoms with Gasteiger partial charge in [-0.3, -0.25) is 19.2 Å². The first-order valence-corrected chi connectivity index (χ1v) is 19.1. The summed E-state index contributed by atoms with van der Waals surface area (Å²) in [7, 11) is -3.21. The summed E-state index contributed by atoms with van der Waals surface area (Å²) in [6.45, 7) is 4.45. The molecule has 19 heteroatoms. The molecule has 15 nitrogen and oxygen atoms in total. The fourth-order valence-electron chi connectivity index (χ4n) is 7.77. The number of carbonyl (C=O) groups excluding carboxylic acids is 5. The van der Waals surface area contributed by atoms with Crippen molar-refractivity contribution in [3.05, 3.63) is 58.6 Å². The molecule has 2 N–H and O–H groups in total. The minimum Gasteiger partial charge on any atom is -0.467 e. The lowest BCUT2D eigenvalue weighted by atomic mass is 9.73. The average Bonchev–Trinajstić information content (AvgIpc) is 3.21. The molecule has 3 fully saturated rings. The summed E-state index contributed by atoms with van der Waals surface area (Å²) in [5.74, 6) is -8.37. The molecule has 0 spiro atoms. The molecule has 1 amide bonds. The average molecular weight is 816 g/mol. The Kier molecular flexibility index (Phi) is 12.6. The molecule has 10 atom stereocenters. The van der Waals surface area contributed by atoms with Crippen LogP contribution in [0.15, 0.2) is 41.3 Å². The monoisotopic (exact) mass is 815 g/mol. The van der Waals surface area contributed by atoms with Gasteiger partial charge in [-0.05, 0) is 67.3 Å². The molecule has 2 unspecified atom stereocenters. The molecule has 3 aliphatic rings. The Bertz CT molecular complexity index is 1970. The highest BCUT2D eigenvalue weighted by Gasteiger charge is 2.60. The van der Waals surface area contributed by atoms with E-state index in [0.717, 1.165) is 52.1 Å². The van der Waals surface area contributed by atoms with Gasteiger partial charge in [0.05, 0.1) is 34.5 Å². The summed E-state index contributed by atoms with van der Waals surface area (Å²) >= 11 is 6.37. The third-order valence-electron chi connectivity index (χ3n) is 10.2. The van der Waals surface area contributed by atoms with E-state index >= 15 is 0 Å². The molecule has 1 heterocycles. The number of aliphatic hydroxyl groups is 1. The number of fused-ring (bicyclic) bond motifs is 2. The van der Waals surface area contributed by atoms with Gasteiger partial charge in [0.1, 0.15) is 0 Å². The molecular weight excluding hydrogens is 776 g/mol. The van der Waals surface area contributed by atoms with Gasteiger partial charge in [-0.2, -0.15) is 0 Å². The standard InChI is InChI=1S/C36H40ClF2NO14S/c1-16-10-21-12-23(55(47,48)28-11-20(6-8-25(28)37)33(44)40-22-7-9-26(38)27(39)13-22)14-24(16)36(21,46)15-50-35-32(53-19(4)43)30(52-18(3)42)29(51-17(2)41)31(54-35)34(45)49-5/h6-9,11,13,16,21,23-24,29-32,35,46H,10,12,14-15H2,1-5H3,(H,40,44)/t16-,21?,23+,24?,29-,30-,31-,32+,35+,36+/m0/s1. The van der Waals surface area contributed by atoms with E-state index in [9.17, 15) is 46.3 Å². The minimum atomic E-state index is -4.24. The van der Waals surface area contributed by atoms with Gasteiger partial charge in [-0.15, -0.1) is 0 Å². The van der Waals surface area contributed by atoms with Crippen molar-refractivity contribution in [1.82, 2.24) is 0 Å². The second-order valence-corrected chi connectivity index (χ2v) is 16.5. The van der Waals surface area contributed by atoms with Crippen LogP contribution in [-0.2, 0) is 57.4 Å². The largest absolute Gasteiger partial charge is 0.467 e. The van der Waals surface area contributed by atoms with Crippen LogP contribution in [0.25, 0.3) is 0 Å². The third-order valence-corrected chi connectivity index (χ3v) is 12.8. The fraction of sp³-hybridized carbons (Fsp3) is 0.528. The Morgan fingerprint density at radius 1 is 0.909 bits per heavy atom. The Hall–Kier alpha value is -4.23. The molecular formula is C36H40ClF2NO14S. The number of ether oxygens (including phenoxy) is 6. The van der Waals surface area contributed by atoms with E-state index in [2.05, 4.69) is 5.32 Å². The van der Waals surface area contributed by atoms with Crippen LogP contribution in [0.2, 0.25) is 5.02 Å². The van der Waals surface area contributed by atoms with Crippen molar-refractivity contribution >= 4 is 56.9 Å². The molecule has 1 aliphatic heterocycles. The van der Waals surface area contributed by atoms with Crippen LogP contribution in [0.3, 0.4) is 0 Å². The molecule has 2 aliphatic carbocycles. The first-order chi connectivity index (χ1) is 25.8. The number of sulfone groups is 1. The molecule has 2 saturated carbocycles. The van der Waals surface area contributed by atoms with E-state index in [1.165, 1.54) is 12.1 Å². The second kappa shape index (κ2) is 16.5. The molecule has 300 valence electrons. The van der Waals surface area contributed by atoms with Crippen LogP contribution < -0.4 is 5.32 Å². The highest BCUT2D eigenvalue weighted by atomic mass is 35.5. The molecule has 2 aromatic rings. The summed E-state index contributed by atoms with van der Waals surface area (Å²) in [6, 6.07) is 6.35. The quantitative estimate of drug-likeness (QED) is 0.246. The van der Waals surface area contributed by atoms with Crippen molar-refractivity contribution in [2.45, 2.75) is 93.4 Å². The van der Waals surface area contributed by atoms with Crippen molar-refractivity contribution in [2.75, 3.05) is 19.0 Å². The zero-order valence-electron chi connectivity index (χ0n) is 30.3. The number of nitrogens with one attached hydrogen (secondary N) is 1. The molecule has 0 radical (unpaired) electrons. The van der Waals surface area contributed by atoms with Crippen molar-refractivity contribution < 1.29 is 74.7 Å². The van der Waals surface area contributed by atoms with E-state index in [4.69, 9.17) is 40.0 Å². The van der Waals surface area contributed by atoms with Gasteiger partial charge < -0.3 is 38.8 Å². The maximum absolute atomic E-state index is 14.2. The Morgan fingerprint density at radius 3 is 2.15 bits per heavy atom. The lowest BCUT2D eigenvalue weighted by Crippen LogP contribution is -2.64. The van der Waals surface area contributed by atoms with Crippen LogP contribution in [-0.4, -0.2) is 98.6 Å². The number of halogens is 3. The number of hydrogen-bond donors (Lipinski definition) is 2. The van der Waals surface area contributed by atoms with Crippen molar-refractivity contribution in [1.29, 1.82) is 0 Å². The number of carbonyl (C=O) groups is 5. The van der Waals surface area contributed by atoms with Gasteiger partial charge in [0.2, 0.25) is 0 Å². The normalized spacial score (nSPS) is 30.2. The Balaban J connectivity index is 1.38. The summed E-state index contributed by atoms with van der Waals surface area (Å²) in [4.78, 5) is 61.8. The zero-order chi connectivity index (χ0) is 40.6.